The zero-order valence-corrected chi connectivity index (χ0v) is 12.6. The number of carbonyl (C=O) groups is 2. The Morgan fingerprint density at radius 1 is 1.35 bits per heavy atom. The monoisotopic (exact) mass is 295 g/mol. The van der Waals surface area contributed by atoms with Crippen molar-refractivity contribution in [2.45, 2.75) is 51.9 Å². The van der Waals surface area contributed by atoms with Gasteiger partial charge in [0, 0.05) is 11.3 Å². The first-order valence-electron chi connectivity index (χ1n) is 7.26. The Kier molecular flexibility index (Phi) is 5.17. The number of thiophene rings is 1. The Morgan fingerprint density at radius 2 is 2.05 bits per heavy atom. The van der Waals surface area contributed by atoms with E-state index in [2.05, 4.69) is 5.32 Å². The van der Waals surface area contributed by atoms with Crippen LogP contribution >= 0.6 is 11.3 Å². The van der Waals surface area contributed by atoms with E-state index < -0.39 is 5.97 Å². The first kappa shape index (κ1) is 15.0. The number of carboxylic acids is 1. The summed E-state index contributed by atoms with van der Waals surface area (Å²) in [5, 5.41) is 12.4. The quantitative estimate of drug-likeness (QED) is 0.865. The Hall–Kier alpha value is -1.36. The van der Waals surface area contributed by atoms with Gasteiger partial charge in [0.1, 0.15) is 5.00 Å². The molecule has 110 valence electrons. The molecule has 0 aliphatic heterocycles. The molecule has 0 aromatic carbocycles. The second-order valence-electron chi connectivity index (χ2n) is 5.37. The molecule has 0 saturated heterocycles. The van der Waals surface area contributed by atoms with Crippen LogP contribution in [0.25, 0.3) is 0 Å². The summed E-state index contributed by atoms with van der Waals surface area (Å²) in [6.07, 6.45) is 7.20. The summed E-state index contributed by atoms with van der Waals surface area (Å²) in [5.41, 5.74) is 0.212. The van der Waals surface area contributed by atoms with Gasteiger partial charge in [0.25, 0.3) is 0 Å². The molecule has 0 unspecified atom stereocenters. The van der Waals surface area contributed by atoms with Gasteiger partial charge in [-0.15, -0.1) is 11.3 Å². The molecule has 4 nitrogen and oxygen atoms in total. The molecule has 1 aromatic heterocycles. The van der Waals surface area contributed by atoms with Crippen LogP contribution < -0.4 is 5.32 Å². The number of hydrogen-bond acceptors (Lipinski definition) is 3. The van der Waals surface area contributed by atoms with Gasteiger partial charge in [-0.25, -0.2) is 4.79 Å². The highest BCUT2D eigenvalue weighted by atomic mass is 32.1. The summed E-state index contributed by atoms with van der Waals surface area (Å²) in [6, 6.07) is 1.66. The van der Waals surface area contributed by atoms with Crippen molar-refractivity contribution in [3.63, 3.8) is 0 Å². The van der Waals surface area contributed by atoms with Crippen LogP contribution in [0.5, 0.6) is 0 Å². The molecule has 0 radical (unpaired) electrons. The number of amides is 1. The van der Waals surface area contributed by atoms with Crippen LogP contribution in [0.2, 0.25) is 0 Å². The van der Waals surface area contributed by atoms with Gasteiger partial charge < -0.3 is 10.4 Å². The topological polar surface area (TPSA) is 66.4 Å². The fourth-order valence-corrected chi connectivity index (χ4v) is 3.70. The lowest BCUT2D eigenvalue weighted by Crippen LogP contribution is -2.18. The minimum Gasteiger partial charge on any atom is -0.478 e. The number of aryl methyl sites for hydroxylation is 1. The van der Waals surface area contributed by atoms with E-state index in [1.54, 1.807) is 6.07 Å². The highest BCUT2D eigenvalue weighted by Gasteiger charge is 2.20. The Morgan fingerprint density at radius 3 is 2.65 bits per heavy atom. The summed E-state index contributed by atoms with van der Waals surface area (Å²) in [4.78, 5) is 24.2. The standard InChI is InChI=1S/C15H21NO3S/c1-2-11-9-12(15(18)19)14(20-11)16-13(17)8-10-6-4-3-5-7-10/h9-10H,2-8H2,1H3,(H,16,17)(H,18,19). The first-order chi connectivity index (χ1) is 9.60. The molecule has 1 aliphatic rings. The Balaban J connectivity index is 1.99. The third-order valence-corrected chi connectivity index (χ3v) is 5.01. The lowest BCUT2D eigenvalue weighted by molar-refractivity contribution is -0.117. The Labute approximate surface area is 123 Å². The number of aromatic carboxylic acids is 1. The third-order valence-electron chi connectivity index (χ3n) is 3.81. The lowest BCUT2D eigenvalue weighted by Gasteiger charge is -2.20. The largest absolute Gasteiger partial charge is 0.478 e. The molecule has 20 heavy (non-hydrogen) atoms. The zero-order chi connectivity index (χ0) is 14.5. The average molecular weight is 295 g/mol. The summed E-state index contributed by atoms with van der Waals surface area (Å²) in [7, 11) is 0. The van der Waals surface area contributed by atoms with Gasteiger partial charge in [-0.2, -0.15) is 0 Å². The molecular weight excluding hydrogens is 274 g/mol. The molecule has 1 aromatic rings. The van der Waals surface area contributed by atoms with Crippen molar-refractivity contribution >= 4 is 28.2 Å². The molecule has 1 amide bonds. The van der Waals surface area contributed by atoms with Crippen molar-refractivity contribution in [2.75, 3.05) is 5.32 Å². The number of rotatable bonds is 5. The second-order valence-corrected chi connectivity index (χ2v) is 6.51. The molecule has 1 saturated carbocycles. The summed E-state index contributed by atoms with van der Waals surface area (Å²) in [5.74, 6) is -0.569. The number of anilines is 1. The van der Waals surface area contributed by atoms with Crippen LogP contribution in [0.4, 0.5) is 5.00 Å². The van der Waals surface area contributed by atoms with Gasteiger partial charge in [-0.05, 0) is 31.2 Å². The van der Waals surface area contributed by atoms with Crippen molar-refractivity contribution in [1.29, 1.82) is 0 Å². The van der Waals surface area contributed by atoms with E-state index in [0.717, 1.165) is 24.1 Å². The molecule has 0 spiro atoms. The van der Waals surface area contributed by atoms with Gasteiger partial charge >= 0.3 is 5.97 Å². The maximum absolute atomic E-state index is 12.1. The maximum atomic E-state index is 12.1. The van der Waals surface area contributed by atoms with Crippen molar-refractivity contribution in [3.05, 3.63) is 16.5 Å². The predicted molar refractivity (Wildman–Crippen MR) is 80.5 cm³/mol. The number of hydrogen-bond donors (Lipinski definition) is 2. The molecule has 5 heteroatoms. The third kappa shape index (κ3) is 3.82. The smallest absolute Gasteiger partial charge is 0.338 e. The van der Waals surface area contributed by atoms with Gasteiger partial charge in [-0.1, -0.05) is 26.2 Å². The highest BCUT2D eigenvalue weighted by Crippen LogP contribution is 2.30. The minimum absolute atomic E-state index is 0.0519. The van der Waals surface area contributed by atoms with Crippen molar-refractivity contribution in [1.82, 2.24) is 0 Å². The summed E-state index contributed by atoms with van der Waals surface area (Å²) >= 11 is 1.37. The normalized spacial score (nSPS) is 16.1. The molecule has 2 rings (SSSR count). The molecule has 0 atom stereocenters. The van der Waals surface area contributed by atoms with E-state index in [9.17, 15) is 9.59 Å². The fourth-order valence-electron chi connectivity index (χ4n) is 2.70. The van der Waals surface area contributed by atoms with E-state index in [0.29, 0.717) is 17.3 Å². The molecule has 1 heterocycles. The molecule has 1 fully saturated rings. The van der Waals surface area contributed by atoms with E-state index in [1.807, 2.05) is 6.92 Å². The van der Waals surface area contributed by atoms with Gasteiger partial charge in [0.15, 0.2) is 0 Å². The number of nitrogens with one attached hydrogen (secondary N) is 1. The maximum Gasteiger partial charge on any atom is 0.338 e. The summed E-state index contributed by atoms with van der Waals surface area (Å²) in [6.45, 7) is 1.98. The fraction of sp³-hybridized carbons (Fsp3) is 0.600. The van der Waals surface area contributed by atoms with E-state index in [-0.39, 0.29) is 11.5 Å². The first-order valence-corrected chi connectivity index (χ1v) is 8.07. The molecule has 1 aliphatic carbocycles. The molecule has 2 N–H and O–H groups in total. The van der Waals surface area contributed by atoms with Gasteiger partial charge in [0.2, 0.25) is 5.91 Å². The van der Waals surface area contributed by atoms with Crippen LogP contribution in [-0.2, 0) is 11.2 Å². The van der Waals surface area contributed by atoms with Crippen LogP contribution in [0.1, 0.15) is 60.7 Å². The van der Waals surface area contributed by atoms with Crippen LogP contribution in [0, 0.1) is 5.92 Å². The van der Waals surface area contributed by atoms with E-state index in [4.69, 9.17) is 5.11 Å². The van der Waals surface area contributed by atoms with E-state index in [1.165, 1.54) is 30.6 Å². The van der Waals surface area contributed by atoms with Crippen LogP contribution in [-0.4, -0.2) is 17.0 Å². The van der Waals surface area contributed by atoms with Gasteiger partial charge in [-0.3, -0.25) is 4.79 Å². The second kappa shape index (κ2) is 6.88. The predicted octanol–water partition coefficient (Wildman–Crippen LogP) is 3.92. The number of carbonyl (C=O) groups excluding carboxylic acids is 1. The molecule has 0 bridgehead atoms. The van der Waals surface area contributed by atoms with E-state index >= 15 is 0 Å². The molecular formula is C15H21NO3S. The zero-order valence-electron chi connectivity index (χ0n) is 11.8. The lowest BCUT2D eigenvalue weighted by atomic mass is 9.87. The SMILES string of the molecule is CCc1cc(C(=O)O)c(NC(=O)CC2CCCCC2)s1. The average Bonchev–Trinajstić information content (AvgIpc) is 2.83. The highest BCUT2D eigenvalue weighted by molar-refractivity contribution is 7.16. The van der Waals surface area contributed by atoms with Crippen molar-refractivity contribution in [3.8, 4) is 0 Å². The Bertz CT molecular complexity index is 489. The van der Waals surface area contributed by atoms with Crippen LogP contribution in [0.15, 0.2) is 6.07 Å². The minimum atomic E-state index is -0.978. The summed E-state index contributed by atoms with van der Waals surface area (Å²) < 4.78 is 0. The van der Waals surface area contributed by atoms with Crippen molar-refractivity contribution in [2.24, 2.45) is 5.92 Å². The van der Waals surface area contributed by atoms with Gasteiger partial charge in [0.05, 0.1) is 5.56 Å². The van der Waals surface area contributed by atoms with Crippen LogP contribution in [0.3, 0.4) is 0 Å². The van der Waals surface area contributed by atoms with Crippen molar-refractivity contribution < 1.29 is 14.7 Å². The number of carboxylic acid groups (broad SMARTS) is 1.